The van der Waals surface area contributed by atoms with Crippen molar-refractivity contribution in [1.82, 2.24) is 9.78 Å². The Morgan fingerprint density at radius 1 is 1.45 bits per heavy atom. The van der Waals surface area contributed by atoms with Crippen molar-refractivity contribution in [3.63, 3.8) is 0 Å². The van der Waals surface area contributed by atoms with E-state index in [4.69, 9.17) is 11.6 Å². The first-order valence-electron chi connectivity index (χ1n) is 6.37. The van der Waals surface area contributed by atoms with Crippen molar-refractivity contribution in [1.29, 1.82) is 5.26 Å². The zero-order chi connectivity index (χ0) is 14.9. The fraction of sp³-hybridized carbons (Fsp3) is 0.333. The van der Waals surface area contributed by atoms with E-state index >= 15 is 0 Å². The Morgan fingerprint density at radius 2 is 2.15 bits per heavy atom. The predicted octanol–water partition coefficient (Wildman–Crippen LogP) is 3.45. The lowest BCUT2D eigenvalue weighted by molar-refractivity contribution is 0.672. The lowest BCUT2D eigenvalue weighted by Crippen LogP contribution is -2.24. The number of halogens is 1. The Bertz CT molecular complexity index is 669. The molecule has 20 heavy (non-hydrogen) atoms. The molecule has 2 rings (SSSR count). The first-order chi connectivity index (χ1) is 9.45. The van der Waals surface area contributed by atoms with Crippen LogP contribution in [0.25, 0.3) is 0 Å². The summed E-state index contributed by atoms with van der Waals surface area (Å²) in [6.45, 7) is 3.93. The van der Waals surface area contributed by atoms with Crippen molar-refractivity contribution in [3.8, 4) is 6.07 Å². The Hall–Kier alpha value is -1.99. The van der Waals surface area contributed by atoms with E-state index in [-0.39, 0.29) is 6.04 Å². The van der Waals surface area contributed by atoms with Gasteiger partial charge in [-0.2, -0.15) is 10.4 Å². The Labute approximate surface area is 124 Å². The van der Waals surface area contributed by atoms with Gasteiger partial charge in [-0.25, -0.2) is 0 Å². The van der Waals surface area contributed by atoms with E-state index in [0.717, 1.165) is 17.1 Å². The summed E-state index contributed by atoms with van der Waals surface area (Å²) in [6.07, 6.45) is 0. The molecule has 0 N–H and O–H groups in total. The topological polar surface area (TPSA) is 44.9 Å². The van der Waals surface area contributed by atoms with Crippen molar-refractivity contribution in [2.45, 2.75) is 19.9 Å². The van der Waals surface area contributed by atoms with Gasteiger partial charge >= 0.3 is 0 Å². The molecule has 104 valence electrons. The molecule has 0 amide bonds. The molecule has 0 aliphatic carbocycles. The molecule has 0 spiro atoms. The van der Waals surface area contributed by atoms with Crippen LogP contribution in [0.5, 0.6) is 0 Å². The first-order valence-corrected chi connectivity index (χ1v) is 6.75. The van der Waals surface area contributed by atoms with E-state index < -0.39 is 0 Å². The summed E-state index contributed by atoms with van der Waals surface area (Å²) >= 11 is 6.05. The van der Waals surface area contributed by atoms with E-state index in [0.29, 0.717) is 10.6 Å². The minimum atomic E-state index is 0.0931. The Kier molecular flexibility index (Phi) is 4.01. The van der Waals surface area contributed by atoms with Crippen LogP contribution in [-0.4, -0.2) is 16.8 Å². The van der Waals surface area contributed by atoms with Gasteiger partial charge in [0, 0.05) is 19.1 Å². The molecule has 0 saturated heterocycles. The molecular weight excluding hydrogens is 272 g/mol. The standard InChI is InChI=1S/C15H17ClN4/c1-10-14(9-17)15(20(4)18-10)19(3)11(2)12-6-5-7-13(16)8-12/h5-8,11H,1-4H3. The van der Waals surface area contributed by atoms with Crippen molar-refractivity contribution >= 4 is 17.4 Å². The summed E-state index contributed by atoms with van der Waals surface area (Å²) in [4.78, 5) is 2.05. The van der Waals surface area contributed by atoms with Crippen LogP contribution in [0.1, 0.15) is 29.8 Å². The monoisotopic (exact) mass is 288 g/mol. The van der Waals surface area contributed by atoms with E-state index in [2.05, 4.69) is 18.1 Å². The first kappa shape index (κ1) is 14.4. The van der Waals surface area contributed by atoms with Crippen LogP contribution < -0.4 is 4.90 Å². The number of benzene rings is 1. The molecule has 0 bridgehead atoms. The fourth-order valence-electron chi connectivity index (χ4n) is 2.35. The van der Waals surface area contributed by atoms with Crippen LogP contribution in [0.3, 0.4) is 0 Å². The number of nitrogens with zero attached hydrogens (tertiary/aromatic N) is 4. The van der Waals surface area contributed by atoms with Crippen LogP contribution in [0, 0.1) is 18.3 Å². The van der Waals surface area contributed by atoms with Crippen LogP contribution in [-0.2, 0) is 7.05 Å². The van der Waals surface area contributed by atoms with Gasteiger partial charge in [0.25, 0.3) is 0 Å². The number of anilines is 1. The van der Waals surface area contributed by atoms with E-state index in [9.17, 15) is 5.26 Å². The lowest BCUT2D eigenvalue weighted by atomic mass is 10.1. The molecule has 1 heterocycles. The zero-order valence-electron chi connectivity index (χ0n) is 12.1. The third-order valence-corrected chi connectivity index (χ3v) is 3.78. The van der Waals surface area contributed by atoms with Crippen molar-refractivity contribution in [2.24, 2.45) is 7.05 Å². The molecule has 1 aromatic carbocycles. The highest BCUT2D eigenvalue weighted by Gasteiger charge is 2.21. The summed E-state index contributed by atoms with van der Waals surface area (Å²) in [5.41, 5.74) is 2.46. The van der Waals surface area contributed by atoms with E-state index in [1.807, 2.05) is 50.2 Å². The van der Waals surface area contributed by atoms with Gasteiger partial charge in [-0.15, -0.1) is 0 Å². The Morgan fingerprint density at radius 3 is 2.75 bits per heavy atom. The predicted molar refractivity (Wildman–Crippen MR) is 80.9 cm³/mol. The highest BCUT2D eigenvalue weighted by Crippen LogP contribution is 2.29. The SMILES string of the molecule is Cc1nn(C)c(N(C)C(C)c2cccc(Cl)c2)c1C#N. The van der Waals surface area contributed by atoms with Gasteiger partial charge in [0.1, 0.15) is 17.5 Å². The van der Waals surface area contributed by atoms with Gasteiger partial charge in [0.05, 0.1) is 11.7 Å². The summed E-state index contributed by atoms with van der Waals surface area (Å²) in [5, 5.41) is 14.3. The van der Waals surface area contributed by atoms with Crippen molar-refractivity contribution in [3.05, 3.63) is 46.1 Å². The number of hydrogen-bond acceptors (Lipinski definition) is 3. The van der Waals surface area contributed by atoms with Gasteiger partial charge in [0.15, 0.2) is 0 Å². The number of nitriles is 1. The van der Waals surface area contributed by atoms with Gasteiger partial charge in [-0.3, -0.25) is 4.68 Å². The molecule has 4 nitrogen and oxygen atoms in total. The maximum absolute atomic E-state index is 9.31. The van der Waals surface area contributed by atoms with Crippen molar-refractivity contribution in [2.75, 3.05) is 11.9 Å². The normalized spacial score (nSPS) is 12.0. The number of aryl methyl sites for hydroxylation is 2. The van der Waals surface area contributed by atoms with Gasteiger partial charge in [0.2, 0.25) is 0 Å². The maximum Gasteiger partial charge on any atom is 0.145 e. The van der Waals surface area contributed by atoms with E-state index in [1.165, 1.54) is 0 Å². The molecule has 0 aliphatic rings. The minimum absolute atomic E-state index is 0.0931. The van der Waals surface area contributed by atoms with Crippen LogP contribution in [0.15, 0.2) is 24.3 Å². The minimum Gasteiger partial charge on any atom is -0.352 e. The Balaban J connectivity index is 2.42. The molecule has 5 heteroatoms. The summed E-state index contributed by atoms with van der Waals surface area (Å²) < 4.78 is 1.74. The second-order valence-electron chi connectivity index (χ2n) is 4.86. The molecule has 0 aliphatic heterocycles. The smallest absolute Gasteiger partial charge is 0.145 e. The summed E-state index contributed by atoms with van der Waals surface area (Å²) in [5.74, 6) is 0.817. The van der Waals surface area contributed by atoms with E-state index in [1.54, 1.807) is 4.68 Å². The summed E-state index contributed by atoms with van der Waals surface area (Å²) in [7, 11) is 3.81. The molecule has 1 unspecified atom stereocenters. The number of aromatic nitrogens is 2. The third-order valence-electron chi connectivity index (χ3n) is 3.55. The average molecular weight is 289 g/mol. The maximum atomic E-state index is 9.31. The molecule has 0 radical (unpaired) electrons. The van der Waals surface area contributed by atoms with Crippen LogP contribution >= 0.6 is 11.6 Å². The molecule has 2 aromatic rings. The highest BCUT2D eigenvalue weighted by molar-refractivity contribution is 6.30. The molecule has 0 saturated carbocycles. The zero-order valence-corrected chi connectivity index (χ0v) is 12.8. The van der Waals surface area contributed by atoms with Gasteiger partial charge in [-0.1, -0.05) is 23.7 Å². The fourth-order valence-corrected chi connectivity index (χ4v) is 2.55. The second kappa shape index (κ2) is 5.56. The lowest BCUT2D eigenvalue weighted by Gasteiger charge is -2.27. The average Bonchev–Trinajstić information content (AvgIpc) is 2.71. The van der Waals surface area contributed by atoms with Crippen molar-refractivity contribution < 1.29 is 0 Å². The number of hydrogen-bond donors (Lipinski definition) is 0. The largest absolute Gasteiger partial charge is 0.352 e. The number of rotatable bonds is 3. The molecule has 1 aromatic heterocycles. The highest BCUT2D eigenvalue weighted by atomic mass is 35.5. The molecule has 1 atom stereocenters. The quantitative estimate of drug-likeness (QED) is 0.869. The van der Waals surface area contributed by atoms with Crippen LogP contribution in [0.2, 0.25) is 5.02 Å². The third kappa shape index (κ3) is 2.50. The van der Waals surface area contributed by atoms with Crippen LogP contribution in [0.4, 0.5) is 5.82 Å². The summed E-state index contributed by atoms with van der Waals surface area (Å²) in [6, 6.07) is 10.1. The second-order valence-corrected chi connectivity index (χ2v) is 5.30. The van der Waals surface area contributed by atoms with Gasteiger partial charge in [-0.05, 0) is 31.5 Å². The van der Waals surface area contributed by atoms with Gasteiger partial charge < -0.3 is 4.90 Å². The molecular formula is C15H17ClN4. The molecule has 0 fully saturated rings.